The van der Waals surface area contributed by atoms with Crippen LogP contribution in [0.4, 0.5) is 5.69 Å². The van der Waals surface area contributed by atoms with E-state index in [4.69, 9.17) is 0 Å². The van der Waals surface area contributed by atoms with Crippen molar-refractivity contribution in [1.82, 2.24) is 5.32 Å². The molecule has 3 N–H and O–H groups in total. The lowest BCUT2D eigenvalue weighted by molar-refractivity contribution is -0.114. The molecule has 0 aliphatic rings. The van der Waals surface area contributed by atoms with Crippen molar-refractivity contribution in [3.63, 3.8) is 0 Å². The smallest absolute Gasteiger partial charge is 0.336 e. The number of nitrogens with one attached hydrogen (secondary N) is 2. The second-order valence-electron chi connectivity index (χ2n) is 5.48. The number of carboxylic acid groups (broad SMARTS) is 1. The predicted octanol–water partition coefficient (Wildman–Crippen LogP) is 3.03. The molecule has 0 saturated heterocycles. The molecule has 0 unspecified atom stereocenters. The summed E-state index contributed by atoms with van der Waals surface area (Å²) >= 11 is 0. The van der Waals surface area contributed by atoms with Crippen LogP contribution in [0.1, 0.15) is 47.4 Å². The van der Waals surface area contributed by atoms with Crippen LogP contribution in [0.15, 0.2) is 30.3 Å². The lowest BCUT2D eigenvalue weighted by Gasteiger charge is -2.13. The minimum absolute atomic E-state index is 0.0281. The Morgan fingerprint density at radius 3 is 2.46 bits per heavy atom. The van der Waals surface area contributed by atoms with Crippen LogP contribution in [0.25, 0.3) is 10.8 Å². The van der Waals surface area contributed by atoms with Gasteiger partial charge >= 0.3 is 5.97 Å². The van der Waals surface area contributed by atoms with Crippen LogP contribution in [0, 0.1) is 0 Å². The topological polar surface area (TPSA) is 95.5 Å². The van der Waals surface area contributed by atoms with Gasteiger partial charge in [-0.05, 0) is 24.6 Å². The van der Waals surface area contributed by atoms with Gasteiger partial charge in [-0.1, -0.05) is 25.5 Å². The molecule has 0 heterocycles. The largest absolute Gasteiger partial charge is 0.478 e. The maximum Gasteiger partial charge on any atom is 0.336 e. The minimum atomic E-state index is -1.12. The molecule has 0 fully saturated rings. The van der Waals surface area contributed by atoms with Crippen molar-refractivity contribution in [2.24, 2.45) is 0 Å². The average molecular weight is 328 g/mol. The zero-order chi connectivity index (χ0) is 17.7. The summed E-state index contributed by atoms with van der Waals surface area (Å²) in [6, 6.07) is 7.89. The third-order valence-electron chi connectivity index (χ3n) is 3.64. The zero-order valence-electron chi connectivity index (χ0n) is 13.7. The maximum atomic E-state index is 12.5. The Kier molecular flexibility index (Phi) is 5.52. The molecule has 2 amide bonds. The van der Waals surface area contributed by atoms with Crippen molar-refractivity contribution in [2.75, 3.05) is 11.9 Å². The van der Waals surface area contributed by atoms with Gasteiger partial charge in [-0.2, -0.15) is 0 Å². The van der Waals surface area contributed by atoms with Crippen molar-refractivity contribution in [1.29, 1.82) is 0 Å². The molecule has 2 aromatic rings. The molecule has 24 heavy (non-hydrogen) atoms. The van der Waals surface area contributed by atoms with Crippen LogP contribution >= 0.6 is 0 Å². The summed E-state index contributed by atoms with van der Waals surface area (Å²) < 4.78 is 0. The van der Waals surface area contributed by atoms with Gasteiger partial charge in [0, 0.05) is 35.5 Å². The molecule has 0 bridgehead atoms. The third kappa shape index (κ3) is 3.71. The summed E-state index contributed by atoms with van der Waals surface area (Å²) in [5, 5.41) is 15.8. The molecule has 0 aromatic heterocycles. The van der Waals surface area contributed by atoms with Crippen LogP contribution in [-0.2, 0) is 4.79 Å². The van der Waals surface area contributed by atoms with Crippen molar-refractivity contribution in [2.45, 2.75) is 26.7 Å². The normalized spacial score (nSPS) is 10.4. The molecule has 0 spiro atoms. The van der Waals surface area contributed by atoms with Crippen molar-refractivity contribution < 1.29 is 19.5 Å². The van der Waals surface area contributed by atoms with E-state index < -0.39 is 5.97 Å². The number of benzene rings is 2. The molecule has 126 valence electrons. The fourth-order valence-corrected chi connectivity index (χ4v) is 2.55. The van der Waals surface area contributed by atoms with Gasteiger partial charge in [0.05, 0.1) is 5.56 Å². The first-order valence-electron chi connectivity index (χ1n) is 7.80. The number of amides is 2. The second kappa shape index (κ2) is 7.59. The van der Waals surface area contributed by atoms with Crippen molar-refractivity contribution in [3.8, 4) is 0 Å². The molecule has 0 aliphatic carbocycles. The van der Waals surface area contributed by atoms with E-state index in [1.807, 2.05) is 6.92 Å². The van der Waals surface area contributed by atoms with Gasteiger partial charge in [-0.3, -0.25) is 9.59 Å². The highest BCUT2D eigenvalue weighted by Gasteiger charge is 2.18. The molecule has 6 nitrogen and oxygen atoms in total. The second-order valence-corrected chi connectivity index (χ2v) is 5.48. The van der Waals surface area contributed by atoms with Gasteiger partial charge in [0.25, 0.3) is 5.91 Å². The maximum absolute atomic E-state index is 12.5. The Hall–Kier alpha value is -2.89. The number of carbonyl (C=O) groups excluding carboxylic acids is 2. The molecular weight excluding hydrogens is 308 g/mol. The summed E-state index contributed by atoms with van der Waals surface area (Å²) in [6.07, 6.45) is 1.79. The van der Waals surface area contributed by atoms with Crippen LogP contribution in [0.5, 0.6) is 0 Å². The van der Waals surface area contributed by atoms with Gasteiger partial charge in [0.1, 0.15) is 0 Å². The Morgan fingerprint density at radius 1 is 1.08 bits per heavy atom. The summed E-state index contributed by atoms with van der Waals surface area (Å²) in [5.74, 6) is -1.71. The zero-order valence-corrected chi connectivity index (χ0v) is 13.7. The molecular formula is C18H20N2O4. The number of anilines is 1. The van der Waals surface area contributed by atoms with Crippen molar-refractivity contribution >= 4 is 34.2 Å². The summed E-state index contributed by atoms with van der Waals surface area (Å²) in [6.45, 7) is 3.92. The minimum Gasteiger partial charge on any atom is -0.478 e. The molecule has 0 aliphatic heterocycles. The third-order valence-corrected chi connectivity index (χ3v) is 3.64. The van der Waals surface area contributed by atoms with Gasteiger partial charge in [-0.15, -0.1) is 0 Å². The number of aromatic carboxylic acids is 1. The van der Waals surface area contributed by atoms with E-state index in [2.05, 4.69) is 10.6 Å². The number of fused-ring (bicyclic) bond motifs is 1. The standard InChI is InChI=1S/C18H20N2O4/c1-3-4-10-19-17(22)13-8-9-15(20-11(2)21)12-6-5-7-14(16(12)13)18(23)24/h5-9H,3-4,10H2,1-2H3,(H,19,22)(H,20,21)(H,23,24). The highest BCUT2D eigenvalue weighted by atomic mass is 16.4. The van der Waals surface area contributed by atoms with Crippen LogP contribution in [0.2, 0.25) is 0 Å². The van der Waals surface area contributed by atoms with E-state index in [-0.39, 0.29) is 22.9 Å². The summed E-state index contributed by atoms with van der Waals surface area (Å²) in [7, 11) is 0. The average Bonchev–Trinajstić information content (AvgIpc) is 2.54. The van der Waals surface area contributed by atoms with Crippen LogP contribution in [0.3, 0.4) is 0 Å². The lowest BCUT2D eigenvalue weighted by Crippen LogP contribution is -2.25. The van der Waals surface area contributed by atoms with Gasteiger partial charge in [0.2, 0.25) is 5.91 Å². The van der Waals surface area contributed by atoms with Crippen LogP contribution in [-0.4, -0.2) is 29.4 Å². The number of unbranched alkanes of at least 4 members (excludes halogenated alkanes) is 1. The van der Waals surface area contributed by atoms with E-state index >= 15 is 0 Å². The fourth-order valence-electron chi connectivity index (χ4n) is 2.55. The van der Waals surface area contributed by atoms with E-state index in [0.717, 1.165) is 12.8 Å². The highest BCUT2D eigenvalue weighted by Crippen LogP contribution is 2.30. The number of carboxylic acids is 1. The number of hydrogen-bond acceptors (Lipinski definition) is 3. The Bertz CT molecular complexity index is 799. The summed E-state index contributed by atoms with van der Waals surface area (Å²) in [5.41, 5.74) is 0.791. The van der Waals surface area contributed by atoms with E-state index in [1.165, 1.54) is 13.0 Å². The Morgan fingerprint density at radius 2 is 1.83 bits per heavy atom. The summed E-state index contributed by atoms with van der Waals surface area (Å²) in [4.78, 5) is 35.4. The van der Waals surface area contributed by atoms with E-state index in [1.54, 1.807) is 24.3 Å². The van der Waals surface area contributed by atoms with Gasteiger partial charge in [-0.25, -0.2) is 4.79 Å². The molecule has 2 aromatic carbocycles. The first kappa shape index (κ1) is 17.5. The lowest BCUT2D eigenvalue weighted by atomic mass is 9.97. The quantitative estimate of drug-likeness (QED) is 0.710. The molecule has 0 radical (unpaired) electrons. The van der Waals surface area contributed by atoms with Gasteiger partial charge in [0.15, 0.2) is 0 Å². The van der Waals surface area contributed by atoms with E-state index in [0.29, 0.717) is 23.0 Å². The number of carbonyl (C=O) groups is 3. The number of hydrogen-bond donors (Lipinski definition) is 3. The first-order valence-corrected chi connectivity index (χ1v) is 7.80. The SMILES string of the molecule is CCCCNC(=O)c1ccc(NC(C)=O)c2cccc(C(=O)O)c12. The van der Waals surface area contributed by atoms with E-state index in [9.17, 15) is 19.5 Å². The molecule has 0 atom stereocenters. The van der Waals surface area contributed by atoms with Crippen molar-refractivity contribution in [3.05, 3.63) is 41.5 Å². The highest BCUT2D eigenvalue weighted by molar-refractivity contribution is 6.18. The van der Waals surface area contributed by atoms with Crippen LogP contribution < -0.4 is 10.6 Å². The first-order chi connectivity index (χ1) is 11.5. The monoisotopic (exact) mass is 328 g/mol. The van der Waals surface area contributed by atoms with Gasteiger partial charge < -0.3 is 15.7 Å². The molecule has 2 rings (SSSR count). The fraction of sp³-hybridized carbons (Fsp3) is 0.278. The number of rotatable bonds is 6. The molecule has 6 heteroatoms. The predicted molar refractivity (Wildman–Crippen MR) is 92.5 cm³/mol. The molecule has 0 saturated carbocycles. The Balaban J connectivity index is 2.61. The Labute approximate surface area is 139 Å².